The zero-order chi connectivity index (χ0) is 13.8. The molecule has 0 saturated carbocycles. The van der Waals surface area contributed by atoms with Gasteiger partial charge in [0, 0.05) is 22.9 Å². The molecule has 0 aromatic carbocycles. The summed E-state index contributed by atoms with van der Waals surface area (Å²) in [6.45, 7) is 2.48. The van der Waals surface area contributed by atoms with Crippen LogP contribution in [0.25, 0.3) is 0 Å². The molecule has 4 nitrogen and oxygen atoms in total. The first-order valence-corrected chi connectivity index (χ1v) is 7.22. The number of carbonyl (C=O) groups excluding carboxylic acids is 1. The molecule has 1 amide bonds. The number of carbonyl (C=O) groups is 2. The van der Waals surface area contributed by atoms with E-state index in [1.807, 2.05) is 5.38 Å². The summed E-state index contributed by atoms with van der Waals surface area (Å²) in [4.78, 5) is 23.6. The first-order chi connectivity index (χ1) is 9.08. The minimum atomic E-state index is -1.00. The molecular formula is C14H17NO3S. The molecule has 1 atom stereocenters. The fourth-order valence-electron chi connectivity index (χ4n) is 2.27. The smallest absolute Gasteiger partial charge is 0.328 e. The number of nitrogens with one attached hydrogen (secondary N) is 1. The Labute approximate surface area is 116 Å². The van der Waals surface area contributed by atoms with Crippen LogP contribution < -0.4 is 5.32 Å². The molecular weight excluding hydrogens is 262 g/mol. The summed E-state index contributed by atoms with van der Waals surface area (Å²) in [6.07, 6.45) is 5.62. The lowest BCUT2D eigenvalue weighted by molar-refractivity contribution is -0.131. The Morgan fingerprint density at radius 1 is 1.58 bits per heavy atom. The van der Waals surface area contributed by atoms with Gasteiger partial charge in [-0.3, -0.25) is 4.79 Å². The molecule has 19 heavy (non-hydrogen) atoms. The number of rotatable bonds is 4. The molecule has 1 aromatic rings. The van der Waals surface area contributed by atoms with E-state index in [1.54, 1.807) is 11.3 Å². The third-order valence-corrected chi connectivity index (χ3v) is 4.34. The number of fused-ring (bicyclic) bond motifs is 1. The molecule has 0 fully saturated rings. The van der Waals surface area contributed by atoms with Crippen molar-refractivity contribution in [2.75, 3.05) is 6.54 Å². The average molecular weight is 279 g/mol. The summed E-state index contributed by atoms with van der Waals surface area (Å²) in [5.74, 6) is -0.418. The van der Waals surface area contributed by atoms with E-state index in [0.717, 1.165) is 30.9 Å². The van der Waals surface area contributed by atoms with E-state index in [1.165, 1.54) is 16.5 Å². The highest BCUT2D eigenvalue weighted by molar-refractivity contribution is 7.10. The topological polar surface area (TPSA) is 66.4 Å². The molecule has 1 aliphatic carbocycles. The highest BCUT2D eigenvalue weighted by Crippen LogP contribution is 2.32. The molecule has 0 bridgehead atoms. The van der Waals surface area contributed by atoms with Gasteiger partial charge in [0.1, 0.15) is 0 Å². The maximum absolute atomic E-state index is 12.0. The quantitative estimate of drug-likeness (QED) is 0.831. The Kier molecular flexibility index (Phi) is 4.37. The Morgan fingerprint density at radius 3 is 3.11 bits per heavy atom. The summed E-state index contributed by atoms with van der Waals surface area (Å²) in [5, 5.41) is 13.1. The van der Waals surface area contributed by atoms with Gasteiger partial charge in [-0.25, -0.2) is 4.79 Å². The maximum Gasteiger partial charge on any atom is 0.328 e. The van der Waals surface area contributed by atoms with Gasteiger partial charge in [0.2, 0.25) is 0 Å². The Bertz CT molecular complexity index is 519. The molecule has 1 aliphatic rings. The molecule has 0 spiro atoms. The highest BCUT2D eigenvalue weighted by atomic mass is 32.1. The first kappa shape index (κ1) is 13.8. The summed E-state index contributed by atoms with van der Waals surface area (Å²) in [7, 11) is 0. The first-order valence-electron chi connectivity index (χ1n) is 6.35. The average Bonchev–Trinajstić information content (AvgIpc) is 2.77. The predicted octanol–water partition coefficient (Wildman–Crippen LogP) is 2.24. The third-order valence-electron chi connectivity index (χ3n) is 3.29. The lowest BCUT2D eigenvalue weighted by atomic mass is 9.88. The number of carboxylic acid groups (broad SMARTS) is 1. The van der Waals surface area contributed by atoms with Crippen LogP contribution >= 0.6 is 11.3 Å². The van der Waals surface area contributed by atoms with E-state index < -0.39 is 5.97 Å². The van der Waals surface area contributed by atoms with Crippen LogP contribution in [0.1, 0.15) is 34.1 Å². The number of thiophene rings is 1. The standard InChI is InChI=1S/C14H17NO3S/c1-9-4-5-10-11(8-19-12(10)7-9)14(18)15-6-2-3-13(16)17/h2-3,8-9H,4-7H2,1H3,(H,15,18)(H,16,17)/b3-2+. The zero-order valence-corrected chi connectivity index (χ0v) is 11.6. The molecule has 1 aromatic heterocycles. The molecule has 5 heteroatoms. The predicted molar refractivity (Wildman–Crippen MR) is 74.6 cm³/mol. The molecule has 0 aliphatic heterocycles. The third kappa shape index (κ3) is 3.44. The number of carboxylic acids is 1. The van der Waals surface area contributed by atoms with Crippen LogP contribution in [0, 0.1) is 5.92 Å². The summed E-state index contributed by atoms with van der Waals surface area (Å²) >= 11 is 1.66. The fourth-order valence-corrected chi connectivity index (χ4v) is 3.52. The Balaban J connectivity index is 1.99. The Morgan fingerprint density at radius 2 is 2.37 bits per heavy atom. The second-order valence-electron chi connectivity index (χ2n) is 4.85. The van der Waals surface area contributed by atoms with Gasteiger partial charge in [-0.2, -0.15) is 0 Å². The molecule has 2 N–H and O–H groups in total. The number of hydrogen-bond donors (Lipinski definition) is 2. The van der Waals surface area contributed by atoms with Gasteiger partial charge in [-0.05, 0) is 30.7 Å². The van der Waals surface area contributed by atoms with Gasteiger partial charge < -0.3 is 10.4 Å². The van der Waals surface area contributed by atoms with Gasteiger partial charge >= 0.3 is 5.97 Å². The zero-order valence-electron chi connectivity index (χ0n) is 10.8. The highest BCUT2D eigenvalue weighted by Gasteiger charge is 2.22. The molecule has 102 valence electrons. The molecule has 1 heterocycles. The molecule has 0 saturated heterocycles. The molecule has 1 unspecified atom stereocenters. The van der Waals surface area contributed by atoms with Gasteiger partial charge in [-0.1, -0.05) is 13.0 Å². The minimum absolute atomic E-state index is 0.109. The summed E-state index contributed by atoms with van der Waals surface area (Å²) in [5.41, 5.74) is 1.94. The van der Waals surface area contributed by atoms with Crippen molar-refractivity contribution < 1.29 is 14.7 Å². The molecule has 0 radical (unpaired) electrons. The van der Waals surface area contributed by atoms with Crippen LogP contribution in [-0.4, -0.2) is 23.5 Å². The van der Waals surface area contributed by atoms with Crippen LogP contribution in [0.5, 0.6) is 0 Å². The van der Waals surface area contributed by atoms with E-state index in [0.29, 0.717) is 5.92 Å². The molecule has 2 rings (SSSR count). The van der Waals surface area contributed by atoms with Crippen molar-refractivity contribution >= 4 is 23.2 Å². The van der Waals surface area contributed by atoms with Gasteiger partial charge in [0.25, 0.3) is 5.91 Å². The summed E-state index contributed by atoms with van der Waals surface area (Å²) < 4.78 is 0. The second kappa shape index (κ2) is 6.02. The SMILES string of the molecule is CC1CCc2c(C(=O)NC/C=C/C(=O)O)csc2C1. The van der Waals surface area contributed by atoms with Crippen molar-refractivity contribution in [2.45, 2.75) is 26.2 Å². The Hall–Kier alpha value is -1.62. The van der Waals surface area contributed by atoms with E-state index in [-0.39, 0.29) is 12.5 Å². The lowest BCUT2D eigenvalue weighted by Gasteiger charge is -2.18. The number of hydrogen-bond acceptors (Lipinski definition) is 3. The van der Waals surface area contributed by atoms with Gasteiger partial charge in [0.05, 0.1) is 5.56 Å². The van der Waals surface area contributed by atoms with Crippen molar-refractivity contribution in [3.8, 4) is 0 Å². The monoisotopic (exact) mass is 279 g/mol. The van der Waals surface area contributed by atoms with Crippen molar-refractivity contribution in [1.82, 2.24) is 5.32 Å². The van der Waals surface area contributed by atoms with Crippen molar-refractivity contribution in [3.63, 3.8) is 0 Å². The summed E-state index contributed by atoms with van der Waals surface area (Å²) in [6, 6.07) is 0. The van der Waals surface area contributed by atoms with Gasteiger partial charge in [-0.15, -0.1) is 11.3 Å². The normalized spacial score (nSPS) is 18.3. The second-order valence-corrected chi connectivity index (χ2v) is 5.81. The van der Waals surface area contributed by atoms with Crippen LogP contribution in [-0.2, 0) is 17.6 Å². The van der Waals surface area contributed by atoms with Crippen molar-refractivity contribution in [2.24, 2.45) is 5.92 Å². The van der Waals surface area contributed by atoms with Crippen LogP contribution in [0.4, 0.5) is 0 Å². The van der Waals surface area contributed by atoms with E-state index in [4.69, 9.17) is 5.11 Å². The fraction of sp³-hybridized carbons (Fsp3) is 0.429. The van der Waals surface area contributed by atoms with Crippen molar-refractivity contribution in [3.05, 3.63) is 33.5 Å². The van der Waals surface area contributed by atoms with E-state index >= 15 is 0 Å². The largest absolute Gasteiger partial charge is 0.478 e. The maximum atomic E-state index is 12.0. The van der Waals surface area contributed by atoms with Crippen LogP contribution in [0.15, 0.2) is 17.5 Å². The van der Waals surface area contributed by atoms with Crippen LogP contribution in [0.3, 0.4) is 0 Å². The number of aliphatic carboxylic acids is 1. The van der Waals surface area contributed by atoms with Crippen molar-refractivity contribution in [1.29, 1.82) is 0 Å². The van der Waals surface area contributed by atoms with E-state index in [9.17, 15) is 9.59 Å². The number of amides is 1. The minimum Gasteiger partial charge on any atom is -0.478 e. The van der Waals surface area contributed by atoms with Gasteiger partial charge in [0.15, 0.2) is 0 Å². The van der Waals surface area contributed by atoms with Crippen LogP contribution in [0.2, 0.25) is 0 Å². The lowest BCUT2D eigenvalue weighted by Crippen LogP contribution is -2.25. The van der Waals surface area contributed by atoms with E-state index in [2.05, 4.69) is 12.2 Å².